The van der Waals surface area contributed by atoms with Crippen molar-refractivity contribution in [2.45, 2.75) is 23.6 Å². The van der Waals surface area contributed by atoms with Gasteiger partial charge in [0.1, 0.15) is 4.21 Å². The van der Waals surface area contributed by atoms with Crippen molar-refractivity contribution in [3.8, 4) is 0 Å². The SMILES string of the molecule is CC(CS(C)=O)NC(=O)Cc1ccc(S(=O)(=O)Cl)s1. The van der Waals surface area contributed by atoms with Crippen molar-refractivity contribution in [2.24, 2.45) is 0 Å². The van der Waals surface area contributed by atoms with Gasteiger partial charge in [0.15, 0.2) is 0 Å². The molecule has 0 saturated heterocycles. The molecule has 0 aliphatic carbocycles. The average Bonchev–Trinajstić information content (AvgIpc) is 2.63. The topological polar surface area (TPSA) is 80.3 Å². The third-order valence-electron chi connectivity index (χ3n) is 2.10. The third-order valence-corrected chi connectivity index (χ3v) is 6.25. The average molecular weight is 344 g/mol. The highest BCUT2D eigenvalue weighted by Gasteiger charge is 2.15. The first-order valence-corrected chi connectivity index (χ1v) is 10.2. The molecule has 2 atom stereocenters. The lowest BCUT2D eigenvalue weighted by Crippen LogP contribution is -2.36. The lowest BCUT2D eigenvalue weighted by Gasteiger charge is -2.11. The monoisotopic (exact) mass is 343 g/mol. The summed E-state index contributed by atoms with van der Waals surface area (Å²) < 4.78 is 33.2. The van der Waals surface area contributed by atoms with Crippen molar-refractivity contribution in [2.75, 3.05) is 12.0 Å². The van der Waals surface area contributed by atoms with Gasteiger partial charge in [-0.15, -0.1) is 11.3 Å². The summed E-state index contributed by atoms with van der Waals surface area (Å²) in [7, 11) is 0.485. The van der Waals surface area contributed by atoms with Gasteiger partial charge in [-0.2, -0.15) is 0 Å². The summed E-state index contributed by atoms with van der Waals surface area (Å²) in [6.07, 6.45) is 1.65. The molecule has 5 nitrogen and oxygen atoms in total. The number of halogens is 1. The second-order valence-electron chi connectivity index (χ2n) is 4.04. The van der Waals surface area contributed by atoms with E-state index in [9.17, 15) is 17.4 Å². The van der Waals surface area contributed by atoms with Gasteiger partial charge in [0.2, 0.25) is 5.91 Å². The number of rotatable bonds is 6. The fraction of sp³-hybridized carbons (Fsp3) is 0.500. The third kappa shape index (κ3) is 6.03. The first-order chi connectivity index (χ1) is 8.68. The highest BCUT2D eigenvalue weighted by molar-refractivity contribution is 8.15. The summed E-state index contributed by atoms with van der Waals surface area (Å²) in [4.78, 5) is 12.3. The van der Waals surface area contributed by atoms with Crippen molar-refractivity contribution in [1.29, 1.82) is 0 Å². The van der Waals surface area contributed by atoms with Gasteiger partial charge in [-0.1, -0.05) is 0 Å². The highest BCUT2D eigenvalue weighted by atomic mass is 35.7. The smallest absolute Gasteiger partial charge is 0.270 e. The molecule has 1 aromatic rings. The molecule has 1 heterocycles. The second kappa shape index (κ2) is 6.83. The van der Waals surface area contributed by atoms with Gasteiger partial charge in [0, 0.05) is 44.4 Å². The molecule has 0 saturated carbocycles. The van der Waals surface area contributed by atoms with Crippen molar-refractivity contribution in [1.82, 2.24) is 5.32 Å². The molecule has 108 valence electrons. The molecule has 2 unspecified atom stereocenters. The normalized spacial score (nSPS) is 14.9. The van der Waals surface area contributed by atoms with Crippen LogP contribution < -0.4 is 5.32 Å². The standard InChI is InChI=1S/C10H14ClNO4S3/c1-7(6-18(2)14)12-9(13)5-8-3-4-10(17-8)19(11,15)16/h3-4,7H,5-6H2,1-2H3,(H,12,13). The fourth-order valence-corrected chi connectivity index (χ4v) is 4.37. The van der Waals surface area contributed by atoms with Crippen molar-refractivity contribution in [3.05, 3.63) is 17.0 Å². The Morgan fingerprint density at radius 2 is 2.16 bits per heavy atom. The second-order valence-corrected chi connectivity index (χ2v) is 9.48. The molecule has 0 bridgehead atoms. The van der Waals surface area contributed by atoms with Crippen LogP contribution in [0.25, 0.3) is 0 Å². The van der Waals surface area contributed by atoms with E-state index in [4.69, 9.17) is 10.7 Å². The van der Waals surface area contributed by atoms with Crippen LogP contribution in [0.15, 0.2) is 16.3 Å². The molecule has 1 aromatic heterocycles. The van der Waals surface area contributed by atoms with Crippen molar-refractivity contribution < 1.29 is 17.4 Å². The summed E-state index contributed by atoms with van der Waals surface area (Å²) >= 11 is 0.968. The Labute approximate surface area is 123 Å². The fourth-order valence-electron chi connectivity index (χ4n) is 1.46. The molecule has 9 heteroatoms. The van der Waals surface area contributed by atoms with Gasteiger partial charge in [-0.3, -0.25) is 9.00 Å². The molecule has 0 radical (unpaired) electrons. The zero-order chi connectivity index (χ0) is 14.6. The first kappa shape index (κ1) is 16.6. The predicted molar refractivity (Wildman–Crippen MR) is 77.6 cm³/mol. The van der Waals surface area contributed by atoms with Crippen LogP contribution >= 0.6 is 22.0 Å². The number of hydrogen-bond acceptors (Lipinski definition) is 5. The van der Waals surface area contributed by atoms with E-state index in [1.807, 2.05) is 0 Å². The minimum atomic E-state index is -3.74. The number of thiophene rings is 1. The Kier molecular flexibility index (Phi) is 5.97. The van der Waals surface area contributed by atoms with E-state index in [1.165, 1.54) is 6.07 Å². The highest BCUT2D eigenvalue weighted by Crippen LogP contribution is 2.24. The zero-order valence-electron chi connectivity index (χ0n) is 10.4. The van der Waals surface area contributed by atoms with E-state index < -0.39 is 19.9 Å². The minimum absolute atomic E-state index is 0.0275. The molecule has 0 spiro atoms. The molecule has 0 fully saturated rings. The van der Waals surface area contributed by atoms with E-state index in [0.717, 1.165) is 11.3 Å². The Morgan fingerprint density at radius 3 is 2.63 bits per heavy atom. The molecule has 0 aliphatic rings. The van der Waals surface area contributed by atoms with Crippen LogP contribution in [0.3, 0.4) is 0 Å². The van der Waals surface area contributed by atoms with Gasteiger partial charge in [-0.25, -0.2) is 8.42 Å². The predicted octanol–water partition coefficient (Wildman–Crippen LogP) is 1.10. The van der Waals surface area contributed by atoms with Gasteiger partial charge >= 0.3 is 0 Å². The van der Waals surface area contributed by atoms with Crippen LogP contribution in [0.5, 0.6) is 0 Å². The summed E-state index contributed by atoms with van der Waals surface area (Å²) in [5.74, 6) is 0.149. The van der Waals surface area contributed by atoms with E-state index in [0.29, 0.717) is 10.6 Å². The number of carbonyl (C=O) groups is 1. The van der Waals surface area contributed by atoms with Crippen LogP contribution in [0.2, 0.25) is 0 Å². The summed E-state index contributed by atoms with van der Waals surface area (Å²) in [6.45, 7) is 1.77. The summed E-state index contributed by atoms with van der Waals surface area (Å²) in [5.41, 5.74) is 0. The van der Waals surface area contributed by atoms with E-state index in [1.54, 1.807) is 19.2 Å². The van der Waals surface area contributed by atoms with Crippen LogP contribution in [0, 0.1) is 0 Å². The van der Waals surface area contributed by atoms with Gasteiger partial charge in [-0.05, 0) is 19.1 Å². The molecule has 1 rings (SSSR count). The van der Waals surface area contributed by atoms with E-state index in [2.05, 4.69) is 5.32 Å². The first-order valence-electron chi connectivity index (χ1n) is 5.31. The van der Waals surface area contributed by atoms with E-state index >= 15 is 0 Å². The summed E-state index contributed by atoms with van der Waals surface area (Å²) in [6, 6.07) is 2.75. The number of nitrogens with one attached hydrogen (secondary N) is 1. The van der Waals surface area contributed by atoms with Crippen LogP contribution in [0.1, 0.15) is 11.8 Å². The maximum atomic E-state index is 11.7. The molecule has 1 amide bonds. The van der Waals surface area contributed by atoms with Crippen LogP contribution in [-0.2, 0) is 31.1 Å². The number of hydrogen-bond donors (Lipinski definition) is 1. The number of amides is 1. The quantitative estimate of drug-likeness (QED) is 0.784. The molecular formula is C10H14ClNO4S3. The van der Waals surface area contributed by atoms with E-state index in [-0.39, 0.29) is 22.6 Å². The molecule has 19 heavy (non-hydrogen) atoms. The lowest BCUT2D eigenvalue weighted by molar-refractivity contribution is -0.120. The van der Waals surface area contributed by atoms with Gasteiger partial charge in [0.25, 0.3) is 9.05 Å². The van der Waals surface area contributed by atoms with Gasteiger partial charge in [0.05, 0.1) is 6.42 Å². The molecular weight excluding hydrogens is 330 g/mol. The summed E-state index contributed by atoms with van der Waals surface area (Å²) in [5, 5.41) is 2.70. The number of carbonyl (C=O) groups excluding carboxylic acids is 1. The largest absolute Gasteiger partial charge is 0.352 e. The Bertz CT molecular complexity index is 581. The zero-order valence-corrected chi connectivity index (χ0v) is 13.6. The van der Waals surface area contributed by atoms with Crippen molar-refractivity contribution >= 4 is 47.8 Å². The minimum Gasteiger partial charge on any atom is -0.352 e. The molecule has 0 aliphatic heterocycles. The van der Waals surface area contributed by atoms with Crippen LogP contribution in [0.4, 0.5) is 0 Å². The molecule has 1 N–H and O–H groups in total. The van der Waals surface area contributed by atoms with Crippen LogP contribution in [-0.4, -0.2) is 36.6 Å². The molecule has 0 aromatic carbocycles. The Hall–Kier alpha value is -0.440. The van der Waals surface area contributed by atoms with Crippen molar-refractivity contribution in [3.63, 3.8) is 0 Å². The lowest BCUT2D eigenvalue weighted by atomic mass is 10.3. The maximum absolute atomic E-state index is 11.7. The Balaban J connectivity index is 2.58. The maximum Gasteiger partial charge on any atom is 0.270 e. The Morgan fingerprint density at radius 1 is 1.53 bits per heavy atom. The van der Waals surface area contributed by atoms with Gasteiger partial charge < -0.3 is 5.32 Å².